The molecule has 14 heteroatoms. The molecule has 3 aromatic rings. The Bertz CT molecular complexity index is 1620. The average Bonchev–Trinajstić information content (AvgIpc) is 3.03. The largest absolute Gasteiger partial charge is 0.416 e. The predicted molar refractivity (Wildman–Crippen MR) is 162 cm³/mol. The standard InChI is InChI=1S/C36H32F12O2/c1-3-4-23-6-8-24(9-7-23)25-10-12-26(13-11-25)27-20-49-33(50-21-27,22(2)5-14-28(34(40,41)42)15-16-32(37,38)39)29-17-30(35(43,44)45)19-31(18-29)36(46,47)48/h5-13,15,17-19,27H,3-4,14,16,20-21H2,1-2H3/b22-5+,28-15+. The van der Waals surface area contributed by atoms with Crippen molar-refractivity contribution in [1.29, 1.82) is 0 Å². The highest BCUT2D eigenvalue weighted by atomic mass is 19.4. The molecular formula is C36H32F12O2. The summed E-state index contributed by atoms with van der Waals surface area (Å²) in [5.74, 6) is -3.14. The van der Waals surface area contributed by atoms with Crippen LogP contribution in [0.15, 0.2) is 90.0 Å². The average molecular weight is 725 g/mol. The minimum atomic E-state index is -5.27. The van der Waals surface area contributed by atoms with E-state index in [1.165, 1.54) is 5.56 Å². The molecule has 272 valence electrons. The van der Waals surface area contributed by atoms with Gasteiger partial charge in [0.15, 0.2) is 0 Å². The number of rotatable bonds is 9. The van der Waals surface area contributed by atoms with Crippen molar-refractivity contribution in [2.45, 2.75) is 75.9 Å². The Kier molecular flexibility index (Phi) is 11.6. The van der Waals surface area contributed by atoms with E-state index in [-0.39, 0.29) is 25.4 Å². The highest BCUT2D eigenvalue weighted by Gasteiger charge is 2.46. The summed E-state index contributed by atoms with van der Waals surface area (Å²) in [6.07, 6.45) is -21.3. The first-order valence-corrected chi connectivity index (χ1v) is 15.4. The second-order valence-corrected chi connectivity index (χ2v) is 11.9. The summed E-state index contributed by atoms with van der Waals surface area (Å²) < 4.78 is 174. The zero-order valence-electron chi connectivity index (χ0n) is 26.7. The maximum absolute atomic E-state index is 13.8. The molecule has 0 atom stereocenters. The van der Waals surface area contributed by atoms with E-state index in [4.69, 9.17) is 9.47 Å². The molecular weight excluding hydrogens is 692 g/mol. The third-order valence-corrected chi connectivity index (χ3v) is 8.24. The van der Waals surface area contributed by atoms with Gasteiger partial charge in [-0.1, -0.05) is 74.0 Å². The Morgan fingerprint density at radius 3 is 1.66 bits per heavy atom. The van der Waals surface area contributed by atoms with Gasteiger partial charge in [0.2, 0.25) is 5.79 Å². The van der Waals surface area contributed by atoms with E-state index in [0.717, 1.165) is 37.0 Å². The molecule has 1 aliphatic heterocycles. The van der Waals surface area contributed by atoms with Gasteiger partial charge in [-0.15, -0.1) is 0 Å². The molecule has 0 spiro atoms. The number of alkyl halides is 12. The van der Waals surface area contributed by atoms with E-state index in [2.05, 4.69) is 6.92 Å². The number of aryl methyl sites for hydroxylation is 1. The zero-order valence-corrected chi connectivity index (χ0v) is 26.7. The van der Waals surface area contributed by atoms with Crippen LogP contribution in [0.2, 0.25) is 0 Å². The van der Waals surface area contributed by atoms with Crippen LogP contribution in [-0.2, 0) is 34.0 Å². The lowest BCUT2D eigenvalue weighted by Gasteiger charge is -2.42. The molecule has 1 heterocycles. The van der Waals surface area contributed by atoms with E-state index >= 15 is 0 Å². The molecule has 3 aromatic carbocycles. The summed E-state index contributed by atoms with van der Waals surface area (Å²) in [4.78, 5) is 0. The first-order chi connectivity index (χ1) is 23.1. The molecule has 0 saturated carbocycles. The van der Waals surface area contributed by atoms with Crippen LogP contribution in [0.25, 0.3) is 11.1 Å². The van der Waals surface area contributed by atoms with Crippen molar-refractivity contribution in [3.05, 3.63) is 118 Å². The fourth-order valence-corrected chi connectivity index (χ4v) is 5.54. The summed E-state index contributed by atoms with van der Waals surface area (Å²) in [5, 5.41) is 0. The Balaban J connectivity index is 1.71. The maximum atomic E-state index is 13.8. The second kappa shape index (κ2) is 14.8. The van der Waals surface area contributed by atoms with Gasteiger partial charge in [-0.25, -0.2) is 0 Å². The Labute approximate surface area is 280 Å². The summed E-state index contributed by atoms with van der Waals surface area (Å²) in [6, 6.07) is 15.6. The summed E-state index contributed by atoms with van der Waals surface area (Å²) >= 11 is 0. The van der Waals surface area contributed by atoms with Crippen molar-refractivity contribution in [3.8, 4) is 11.1 Å². The third-order valence-electron chi connectivity index (χ3n) is 8.24. The molecule has 0 radical (unpaired) electrons. The molecule has 0 bridgehead atoms. The monoisotopic (exact) mass is 724 g/mol. The van der Waals surface area contributed by atoms with Crippen molar-refractivity contribution in [3.63, 3.8) is 0 Å². The number of hydrogen-bond donors (Lipinski definition) is 0. The lowest BCUT2D eigenvalue weighted by molar-refractivity contribution is -0.259. The van der Waals surface area contributed by atoms with Crippen LogP contribution >= 0.6 is 0 Å². The molecule has 1 saturated heterocycles. The Hall–Kier alpha value is -3.78. The lowest BCUT2D eigenvalue weighted by atomic mass is 9.90. The van der Waals surface area contributed by atoms with Crippen LogP contribution in [0.5, 0.6) is 0 Å². The maximum Gasteiger partial charge on any atom is 0.416 e. The van der Waals surface area contributed by atoms with E-state index in [9.17, 15) is 52.7 Å². The molecule has 50 heavy (non-hydrogen) atoms. The van der Waals surface area contributed by atoms with Crippen LogP contribution < -0.4 is 0 Å². The molecule has 1 fully saturated rings. The molecule has 2 nitrogen and oxygen atoms in total. The van der Waals surface area contributed by atoms with Crippen LogP contribution in [-0.4, -0.2) is 25.6 Å². The highest BCUT2D eigenvalue weighted by Crippen LogP contribution is 2.46. The van der Waals surface area contributed by atoms with Crippen molar-refractivity contribution < 1.29 is 62.2 Å². The number of hydrogen-bond acceptors (Lipinski definition) is 2. The summed E-state index contributed by atoms with van der Waals surface area (Å²) in [5.41, 5.74) is -2.66. The number of benzene rings is 3. The SMILES string of the molecule is CCCc1ccc(-c2ccc(C3COC(/C(C)=C/C/C(=C\CC(F)(F)F)C(F)(F)F)(c4cc(C(F)(F)F)cc(C(F)(F)F)c4)OC3)cc2)cc1. The van der Waals surface area contributed by atoms with Gasteiger partial charge in [0.05, 0.1) is 30.8 Å². The number of halogens is 12. The highest BCUT2D eigenvalue weighted by molar-refractivity contribution is 5.64. The van der Waals surface area contributed by atoms with Gasteiger partial charge >= 0.3 is 24.7 Å². The first kappa shape index (κ1) is 39.0. The van der Waals surface area contributed by atoms with E-state index < -0.39 is 77.1 Å². The Morgan fingerprint density at radius 2 is 1.22 bits per heavy atom. The fraction of sp³-hybridized carbons (Fsp3) is 0.389. The van der Waals surface area contributed by atoms with Crippen molar-refractivity contribution in [2.75, 3.05) is 13.2 Å². The third kappa shape index (κ3) is 9.71. The van der Waals surface area contributed by atoms with Crippen LogP contribution in [0.3, 0.4) is 0 Å². The van der Waals surface area contributed by atoms with Gasteiger partial charge in [0.1, 0.15) is 0 Å². The van der Waals surface area contributed by atoms with Gasteiger partial charge in [-0.05, 0) is 65.8 Å². The van der Waals surface area contributed by atoms with E-state index in [1.54, 1.807) is 12.1 Å². The predicted octanol–water partition coefficient (Wildman–Crippen LogP) is 12.1. The summed E-state index contributed by atoms with van der Waals surface area (Å²) in [6.45, 7) is 2.44. The molecule has 0 unspecified atom stereocenters. The molecule has 4 rings (SSSR count). The molecule has 0 N–H and O–H groups in total. The topological polar surface area (TPSA) is 18.5 Å². The fourth-order valence-electron chi connectivity index (χ4n) is 5.54. The molecule has 0 aromatic heterocycles. The second-order valence-electron chi connectivity index (χ2n) is 11.9. The van der Waals surface area contributed by atoms with Crippen LogP contribution in [0.1, 0.15) is 66.8 Å². The van der Waals surface area contributed by atoms with Gasteiger partial charge in [-0.2, -0.15) is 52.7 Å². The van der Waals surface area contributed by atoms with Crippen molar-refractivity contribution >= 4 is 0 Å². The molecule has 1 aliphatic rings. The molecule has 0 amide bonds. The first-order valence-electron chi connectivity index (χ1n) is 15.4. The minimum absolute atomic E-state index is 0.0790. The van der Waals surface area contributed by atoms with Gasteiger partial charge in [0.25, 0.3) is 0 Å². The number of allylic oxidation sites excluding steroid dienone is 3. The molecule has 0 aliphatic carbocycles. The zero-order chi connectivity index (χ0) is 37.1. The van der Waals surface area contributed by atoms with Crippen molar-refractivity contribution in [1.82, 2.24) is 0 Å². The quantitative estimate of drug-likeness (QED) is 0.162. The Morgan fingerprint density at radius 1 is 0.720 bits per heavy atom. The summed E-state index contributed by atoms with van der Waals surface area (Å²) in [7, 11) is 0. The van der Waals surface area contributed by atoms with Gasteiger partial charge in [-0.3, -0.25) is 0 Å². The van der Waals surface area contributed by atoms with Gasteiger partial charge < -0.3 is 9.47 Å². The van der Waals surface area contributed by atoms with E-state index in [1.807, 2.05) is 36.4 Å². The van der Waals surface area contributed by atoms with E-state index in [0.29, 0.717) is 17.7 Å². The normalized spacial score (nSPS) is 19.9. The minimum Gasteiger partial charge on any atom is -0.342 e. The van der Waals surface area contributed by atoms with Crippen molar-refractivity contribution in [2.24, 2.45) is 0 Å². The smallest absolute Gasteiger partial charge is 0.342 e. The lowest BCUT2D eigenvalue weighted by Crippen LogP contribution is -2.42. The van der Waals surface area contributed by atoms with Gasteiger partial charge in [0, 0.05) is 17.1 Å². The number of ether oxygens (including phenoxy) is 2. The van der Waals surface area contributed by atoms with Crippen LogP contribution in [0, 0.1) is 0 Å². The van der Waals surface area contributed by atoms with Crippen LogP contribution in [0.4, 0.5) is 52.7 Å².